The molecule has 1 atom stereocenters. The van der Waals surface area contributed by atoms with Crippen LogP contribution in [-0.4, -0.2) is 55.6 Å². The molecular formula is C22H27BrClN3O4S. The number of rotatable bonds is 10. The molecule has 0 bridgehead atoms. The molecule has 0 radical (unpaired) electrons. The lowest BCUT2D eigenvalue weighted by molar-refractivity contribution is -0.140. The normalized spacial score (nSPS) is 12.4. The molecule has 1 unspecified atom stereocenters. The van der Waals surface area contributed by atoms with Gasteiger partial charge in [0.25, 0.3) is 0 Å². The third-order valence-electron chi connectivity index (χ3n) is 4.84. The molecular weight excluding hydrogens is 518 g/mol. The van der Waals surface area contributed by atoms with Crippen LogP contribution in [-0.2, 0) is 26.2 Å². The molecule has 174 valence electrons. The highest BCUT2D eigenvalue weighted by atomic mass is 79.9. The minimum absolute atomic E-state index is 0.0319. The summed E-state index contributed by atoms with van der Waals surface area (Å²) in [4.78, 5) is 27.2. The Bertz CT molecular complexity index is 1050. The Balaban J connectivity index is 2.25. The van der Waals surface area contributed by atoms with E-state index in [1.807, 2.05) is 31.2 Å². The zero-order valence-electron chi connectivity index (χ0n) is 18.2. The first-order chi connectivity index (χ1) is 15.1. The van der Waals surface area contributed by atoms with Crippen molar-refractivity contribution < 1.29 is 18.0 Å². The van der Waals surface area contributed by atoms with Crippen LogP contribution in [0.25, 0.3) is 0 Å². The van der Waals surface area contributed by atoms with Crippen molar-refractivity contribution in [3.8, 4) is 0 Å². The van der Waals surface area contributed by atoms with Gasteiger partial charge in [-0.05, 0) is 55.3 Å². The van der Waals surface area contributed by atoms with Gasteiger partial charge in [-0.2, -0.15) is 4.31 Å². The van der Waals surface area contributed by atoms with E-state index in [2.05, 4.69) is 21.2 Å². The van der Waals surface area contributed by atoms with E-state index in [4.69, 9.17) is 11.6 Å². The molecule has 0 saturated heterocycles. The van der Waals surface area contributed by atoms with Crippen LogP contribution in [0.15, 0.2) is 57.9 Å². The predicted octanol–water partition coefficient (Wildman–Crippen LogP) is 3.67. The Morgan fingerprint density at radius 1 is 1.16 bits per heavy atom. The maximum atomic E-state index is 13.2. The van der Waals surface area contributed by atoms with Crippen molar-refractivity contribution in [1.29, 1.82) is 0 Å². The fourth-order valence-electron chi connectivity index (χ4n) is 2.96. The van der Waals surface area contributed by atoms with E-state index in [9.17, 15) is 18.0 Å². The highest BCUT2D eigenvalue weighted by Gasteiger charge is 2.30. The predicted molar refractivity (Wildman–Crippen MR) is 129 cm³/mol. The first kappa shape index (κ1) is 26.3. The molecule has 0 fully saturated rings. The maximum Gasteiger partial charge on any atom is 0.243 e. The van der Waals surface area contributed by atoms with Gasteiger partial charge in [0, 0.05) is 29.6 Å². The fraction of sp³-hybridized carbons (Fsp3) is 0.364. The largest absolute Gasteiger partial charge is 0.354 e. The lowest BCUT2D eigenvalue weighted by atomic mass is 10.1. The van der Waals surface area contributed by atoms with E-state index in [0.29, 0.717) is 11.6 Å². The number of nitrogens with one attached hydrogen (secondary N) is 1. The smallest absolute Gasteiger partial charge is 0.243 e. The average Bonchev–Trinajstić information content (AvgIpc) is 2.75. The summed E-state index contributed by atoms with van der Waals surface area (Å²) in [7, 11) is -2.57. The maximum absolute atomic E-state index is 13.2. The molecule has 0 aliphatic carbocycles. The minimum Gasteiger partial charge on any atom is -0.354 e. The molecule has 0 spiro atoms. The lowest BCUT2D eigenvalue weighted by Gasteiger charge is -2.30. The van der Waals surface area contributed by atoms with E-state index in [0.717, 1.165) is 20.8 Å². The summed E-state index contributed by atoms with van der Waals surface area (Å²) >= 11 is 9.25. The van der Waals surface area contributed by atoms with E-state index < -0.39 is 28.5 Å². The van der Waals surface area contributed by atoms with Gasteiger partial charge in [0.1, 0.15) is 6.04 Å². The Morgan fingerprint density at radius 3 is 2.41 bits per heavy atom. The van der Waals surface area contributed by atoms with Crippen LogP contribution >= 0.6 is 27.5 Å². The summed E-state index contributed by atoms with van der Waals surface area (Å²) < 4.78 is 27.6. The highest BCUT2D eigenvalue weighted by Crippen LogP contribution is 2.19. The van der Waals surface area contributed by atoms with Crippen molar-refractivity contribution in [2.75, 3.05) is 20.1 Å². The Labute approximate surface area is 202 Å². The summed E-state index contributed by atoms with van der Waals surface area (Å²) in [5.74, 6) is -0.775. The number of likely N-dealkylation sites (N-methyl/N-ethyl adjacent to an activating group) is 1. The standard InChI is InChI=1S/C22H27BrClN3O4S/c1-4-12-25-22(29)16(2)27(14-17-6-5-7-18(23)13-17)21(28)15-26(3)32(30,31)20-10-8-19(24)9-11-20/h5-11,13,16H,4,12,14-15H2,1-3H3,(H,25,29). The number of nitrogens with zero attached hydrogens (tertiary/aromatic N) is 2. The van der Waals surface area contributed by atoms with Gasteiger partial charge in [-0.3, -0.25) is 9.59 Å². The highest BCUT2D eigenvalue weighted by molar-refractivity contribution is 9.10. The van der Waals surface area contributed by atoms with Crippen molar-refractivity contribution in [1.82, 2.24) is 14.5 Å². The number of carbonyl (C=O) groups is 2. The molecule has 2 rings (SSSR count). The zero-order valence-corrected chi connectivity index (χ0v) is 21.4. The minimum atomic E-state index is -3.90. The molecule has 2 amide bonds. The molecule has 0 aliphatic rings. The fourth-order valence-corrected chi connectivity index (χ4v) is 4.66. The molecule has 0 aliphatic heterocycles. The third-order valence-corrected chi connectivity index (χ3v) is 7.40. The van der Waals surface area contributed by atoms with E-state index in [1.54, 1.807) is 6.92 Å². The van der Waals surface area contributed by atoms with Crippen molar-refractivity contribution in [3.63, 3.8) is 0 Å². The molecule has 0 aromatic heterocycles. The van der Waals surface area contributed by atoms with Gasteiger partial charge in [-0.15, -0.1) is 0 Å². The number of carbonyl (C=O) groups excluding carboxylic acids is 2. The second-order valence-corrected chi connectivity index (χ2v) is 10.7. The van der Waals surface area contributed by atoms with Crippen molar-refractivity contribution in [3.05, 3.63) is 63.6 Å². The van der Waals surface area contributed by atoms with Gasteiger partial charge in [0.15, 0.2) is 0 Å². The zero-order chi connectivity index (χ0) is 23.9. The van der Waals surface area contributed by atoms with Gasteiger partial charge in [0.05, 0.1) is 11.4 Å². The molecule has 2 aromatic carbocycles. The van der Waals surface area contributed by atoms with Crippen LogP contribution in [0.5, 0.6) is 0 Å². The van der Waals surface area contributed by atoms with Crippen molar-refractivity contribution in [2.45, 2.75) is 37.8 Å². The van der Waals surface area contributed by atoms with Gasteiger partial charge in [0.2, 0.25) is 21.8 Å². The summed E-state index contributed by atoms with van der Waals surface area (Å²) in [6, 6.07) is 12.3. The Hall–Kier alpha value is -1.94. The van der Waals surface area contributed by atoms with Crippen LogP contribution < -0.4 is 5.32 Å². The first-order valence-corrected chi connectivity index (χ1v) is 12.7. The van der Waals surface area contributed by atoms with Crippen LogP contribution in [0.2, 0.25) is 5.02 Å². The summed E-state index contributed by atoms with van der Waals surface area (Å²) in [5, 5.41) is 3.20. The quantitative estimate of drug-likeness (QED) is 0.495. The number of amides is 2. The van der Waals surface area contributed by atoms with Crippen LogP contribution in [0.4, 0.5) is 0 Å². The molecule has 10 heteroatoms. The summed E-state index contributed by atoms with van der Waals surface area (Å²) in [6.45, 7) is 3.81. The number of hydrogen-bond acceptors (Lipinski definition) is 4. The lowest BCUT2D eigenvalue weighted by Crippen LogP contribution is -2.50. The number of sulfonamides is 1. The molecule has 1 N–H and O–H groups in total. The van der Waals surface area contributed by atoms with Crippen LogP contribution in [0.1, 0.15) is 25.8 Å². The monoisotopic (exact) mass is 543 g/mol. The van der Waals surface area contributed by atoms with Crippen LogP contribution in [0, 0.1) is 0 Å². The Morgan fingerprint density at radius 2 is 1.81 bits per heavy atom. The Kier molecular flexibility index (Phi) is 9.69. The first-order valence-electron chi connectivity index (χ1n) is 10.1. The second kappa shape index (κ2) is 11.8. The molecule has 2 aromatic rings. The molecule has 0 saturated carbocycles. The van der Waals surface area contributed by atoms with Crippen molar-refractivity contribution in [2.24, 2.45) is 0 Å². The third kappa shape index (κ3) is 7.03. The topological polar surface area (TPSA) is 86.8 Å². The van der Waals surface area contributed by atoms with Gasteiger partial charge >= 0.3 is 0 Å². The molecule has 32 heavy (non-hydrogen) atoms. The van der Waals surface area contributed by atoms with Gasteiger partial charge in [-0.25, -0.2) is 8.42 Å². The summed E-state index contributed by atoms with van der Waals surface area (Å²) in [5.41, 5.74) is 0.811. The SMILES string of the molecule is CCCNC(=O)C(C)N(Cc1cccc(Br)c1)C(=O)CN(C)S(=O)(=O)c1ccc(Cl)cc1. The van der Waals surface area contributed by atoms with Gasteiger partial charge in [-0.1, -0.05) is 46.6 Å². The number of benzene rings is 2. The molecule has 7 nitrogen and oxygen atoms in total. The molecule has 0 heterocycles. The average molecular weight is 545 g/mol. The van der Waals surface area contributed by atoms with E-state index >= 15 is 0 Å². The van der Waals surface area contributed by atoms with Crippen molar-refractivity contribution >= 4 is 49.4 Å². The number of halogens is 2. The number of hydrogen-bond donors (Lipinski definition) is 1. The summed E-state index contributed by atoms with van der Waals surface area (Å²) in [6.07, 6.45) is 0.764. The van der Waals surface area contributed by atoms with Crippen LogP contribution in [0.3, 0.4) is 0 Å². The van der Waals surface area contributed by atoms with Gasteiger partial charge < -0.3 is 10.2 Å². The van der Waals surface area contributed by atoms with E-state index in [1.165, 1.54) is 36.2 Å². The van der Waals surface area contributed by atoms with E-state index in [-0.39, 0.29) is 17.3 Å². The second-order valence-electron chi connectivity index (χ2n) is 7.33.